The van der Waals surface area contributed by atoms with E-state index in [1.165, 1.54) is 8.99 Å². The van der Waals surface area contributed by atoms with E-state index in [1.54, 1.807) is 38.5 Å². The number of rotatable bonds is 4. The summed E-state index contributed by atoms with van der Waals surface area (Å²) in [5, 5.41) is 4.55. The number of hydrogen-bond donors (Lipinski definition) is 0. The molecule has 0 aromatic carbocycles. The topological polar surface area (TPSA) is 68.1 Å². The van der Waals surface area contributed by atoms with E-state index in [-0.39, 0.29) is 5.03 Å². The van der Waals surface area contributed by atoms with Crippen molar-refractivity contribution in [2.75, 3.05) is 11.4 Å². The van der Waals surface area contributed by atoms with Crippen molar-refractivity contribution in [3.8, 4) is 0 Å². The van der Waals surface area contributed by atoms with Gasteiger partial charge in [-0.15, -0.1) is 0 Å². The number of aryl methyl sites for hydroxylation is 2. The van der Waals surface area contributed by atoms with E-state index in [4.69, 9.17) is 0 Å². The van der Waals surface area contributed by atoms with E-state index in [2.05, 4.69) is 10.1 Å². The van der Waals surface area contributed by atoms with Crippen LogP contribution in [0.1, 0.15) is 30.1 Å². The molecular formula is C14H18N4O2S. The number of nitrogens with zero attached hydrogens (tertiary/aromatic N) is 4. The lowest BCUT2D eigenvalue weighted by atomic mass is 10.3. The Bertz CT molecular complexity index is 778. The Balaban J connectivity index is 1.99. The van der Waals surface area contributed by atoms with Gasteiger partial charge < -0.3 is 0 Å². The minimum absolute atomic E-state index is 0.223. The van der Waals surface area contributed by atoms with Crippen LogP contribution < -0.4 is 4.31 Å². The van der Waals surface area contributed by atoms with Crippen LogP contribution in [0.5, 0.6) is 0 Å². The molecule has 0 N–H and O–H groups in total. The molecule has 1 aliphatic carbocycles. The average Bonchev–Trinajstić information content (AvgIpc) is 3.20. The second-order valence-electron chi connectivity index (χ2n) is 5.43. The summed E-state index contributed by atoms with van der Waals surface area (Å²) in [6, 6.07) is 5.12. The lowest BCUT2D eigenvalue weighted by Crippen LogP contribution is -2.28. The fraction of sp³-hybridized carbons (Fsp3) is 0.429. The van der Waals surface area contributed by atoms with Crippen LogP contribution in [0.25, 0.3) is 0 Å². The largest absolute Gasteiger partial charge is 0.281 e. The zero-order chi connectivity index (χ0) is 15.2. The Morgan fingerprint density at radius 1 is 1.33 bits per heavy atom. The van der Waals surface area contributed by atoms with Crippen LogP contribution in [0.4, 0.5) is 5.69 Å². The Morgan fingerprint density at radius 3 is 2.67 bits per heavy atom. The first-order valence-electron chi connectivity index (χ1n) is 6.85. The third-order valence-corrected chi connectivity index (χ3v) is 5.56. The van der Waals surface area contributed by atoms with Gasteiger partial charge >= 0.3 is 0 Å². The minimum Gasteiger partial charge on any atom is -0.268 e. The molecule has 0 saturated heterocycles. The number of sulfonamides is 1. The summed E-state index contributed by atoms with van der Waals surface area (Å²) in [7, 11) is -0.398. The highest BCUT2D eigenvalue weighted by Crippen LogP contribution is 2.40. The van der Waals surface area contributed by atoms with Gasteiger partial charge in [0, 0.05) is 38.0 Å². The molecule has 0 radical (unpaired) electrons. The highest BCUT2D eigenvalue weighted by molar-refractivity contribution is 7.92. The van der Waals surface area contributed by atoms with Crippen molar-refractivity contribution in [3.05, 3.63) is 35.8 Å². The third kappa shape index (κ3) is 2.53. The van der Waals surface area contributed by atoms with Gasteiger partial charge in [-0.25, -0.2) is 0 Å². The van der Waals surface area contributed by atoms with Gasteiger partial charge in [-0.05, 0) is 31.9 Å². The maximum absolute atomic E-state index is 12.8. The molecule has 0 amide bonds. The maximum Gasteiger partial charge on any atom is 0.281 e. The molecule has 1 fully saturated rings. The number of anilines is 1. The summed E-state index contributed by atoms with van der Waals surface area (Å²) < 4.78 is 28.3. The standard InChI is InChI=1S/C14H18N4O2S/c1-10-8-12(6-7-15-10)18(3)21(19,20)14-9-13(11-4-5-11)16-17(14)2/h6-9,11H,4-5H2,1-3H3. The Morgan fingerprint density at radius 2 is 2.05 bits per heavy atom. The predicted octanol–water partition coefficient (Wildman–Crippen LogP) is 1.83. The smallest absolute Gasteiger partial charge is 0.268 e. The molecule has 0 bridgehead atoms. The molecule has 0 spiro atoms. The van der Waals surface area contributed by atoms with Gasteiger partial charge in [-0.3, -0.25) is 14.0 Å². The molecule has 6 nitrogen and oxygen atoms in total. The second kappa shape index (κ2) is 4.84. The van der Waals surface area contributed by atoms with Gasteiger partial charge in [0.1, 0.15) is 0 Å². The van der Waals surface area contributed by atoms with E-state index in [1.807, 2.05) is 6.92 Å². The minimum atomic E-state index is -3.62. The molecule has 112 valence electrons. The molecule has 2 aromatic rings. The van der Waals surface area contributed by atoms with Gasteiger partial charge in [-0.2, -0.15) is 13.5 Å². The van der Waals surface area contributed by atoms with Crippen molar-refractivity contribution < 1.29 is 8.42 Å². The first-order valence-corrected chi connectivity index (χ1v) is 8.29. The molecule has 21 heavy (non-hydrogen) atoms. The molecule has 0 unspecified atom stereocenters. The molecule has 1 aliphatic rings. The first-order chi connectivity index (χ1) is 9.89. The number of hydrogen-bond acceptors (Lipinski definition) is 4. The monoisotopic (exact) mass is 306 g/mol. The fourth-order valence-corrected chi connectivity index (χ4v) is 3.61. The van der Waals surface area contributed by atoms with E-state index in [0.717, 1.165) is 24.2 Å². The van der Waals surface area contributed by atoms with Crippen molar-refractivity contribution in [3.63, 3.8) is 0 Å². The first kappa shape index (κ1) is 14.1. The predicted molar refractivity (Wildman–Crippen MR) is 79.7 cm³/mol. The summed E-state index contributed by atoms with van der Waals surface area (Å²) in [6.45, 7) is 1.83. The van der Waals surface area contributed by atoms with E-state index >= 15 is 0 Å². The highest BCUT2D eigenvalue weighted by Gasteiger charge is 2.31. The lowest BCUT2D eigenvalue weighted by Gasteiger charge is -2.19. The van der Waals surface area contributed by atoms with Crippen LogP contribution in [0.2, 0.25) is 0 Å². The zero-order valence-corrected chi connectivity index (χ0v) is 13.1. The van der Waals surface area contributed by atoms with Gasteiger partial charge in [0.2, 0.25) is 0 Å². The van der Waals surface area contributed by atoms with E-state index in [9.17, 15) is 8.42 Å². The van der Waals surface area contributed by atoms with Crippen molar-refractivity contribution in [1.29, 1.82) is 0 Å². The van der Waals surface area contributed by atoms with Gasteiger partial charge in [0.05, 0.1) is 11.4 Å². The normalized spacial score (nSPS) is 15.2. The summed E-state index contributed by atoms with van der Waals surface area (Å²) in [4.78, 5) is 4.09. The van der Waals surface area contributed by atoms with Crippen LogP contribution in [0.3, 0.4) is 0 Å². The van der Waals surface area contributed by atoms with Crippen molar-refractivity contribution in [2.24, 2.45) is 7.05 Å². The highest BCUT2D eigenvalue weighted by atomic mass is 32.2. The molecule has 2 aromatic heterocycles. The summed E-state index contributed by atoms with van der Waals surface area (Å²) in [5.74, 6) is 0.425. The third-order valence-electron chi connectivity index (χ3n) is 3.72. The Labute approximate surface area is 124 Å². The average molecular weight is 306 g/mol. The lowest BCUT2D eigenvalue weighted by molar-refractivity contribution is 0.574. The van der Waals surface area contributed by atoms with Crippen LogP contribution in [0, 0.1) is 6.92 Å². The molecule has 7 heteroatoms. The summed E-state index contributed by atoms with van der Waals surface area (Å²) in [5.41, 5.74) is 2.24. The molecule has 1 saturated carbocycles. The maximum atomic E-state index is 12.8. The van der Waals surface area contributed by atoms with E-state index < -0.39 is 10.0 Å². The van der Waals surface area contributed by atoms with Crippen LogP contribution in [-0.4, -0.2) is 30.2 Å². The van der Waals surface area contributed by atoms with Crippen molar-refractivity contribution >= 4 is 15.7 Å². The van der Waals surface area contributed by atoms with Crippen molar-refractivity contribution in [1.82, 2.24) is 14.8 Å². The summed E-state index contributed by atoms with van der Waals surface area (Å²) >= 11 is 0. The Kier molecular flexibility index (Phi) is 3.24. The molecule has 3 rings (SSSR count). The molecule has 0 aliphatic heterocycles. The quantitative estimate of drug-likeness (QED) is 0.864. The zero-order valence-electron chi connectivity index (χ0n) is 12.3. The van der Waals surface area contributed by atoms with Crippen LogP contribution in [-0.2, 0) is 17.1 Å². The molecular weight excluding hydrogens is 288 g/mol. The molecule has 0 atom stereocenters. The van der Waals surface area contributed by atoms with Gasteiger partial charge in [0.15, 0.2) is 5.03 Å². The SMILES string of the molecule is Cc1cc(N(C)S(=O)(=O)c2cc(C3CC3)nn2C)ccn1. The van der Waals surface area contributed by atoms with Crippen LogP contribution in [0.15, 0.2) is 29.4 Å². The Hall–Kier alpha value is -1.89. The fourth-order valence-electron chi connectivity index (χ4n) is 2.30. The van der Waals surface area contributed by atoms with Gasteiger partial charge in [0.25, 0.3) is 10.0 Å². The van der Waals surface area contributed by atoms with Crippen LogP contribution >= 0.6 is 0 Å². The van der Waals surface area contributed by atoms with Crippen molar-refractivity contribution in [2.45, 2.75) is 30.7 Å². The van der Waals surface area contributed by atoms with Gasteiger partial charge in [-0.1, -0.05) is 0 Å². The molecule has 2 heterocycles. The number of pyridine rings is 1. The number of aromatic nitrogens is 3. The second-order valence-corrected chi connectivity index (χ2v) is 7.35. The van der Waals surface area contributed by atoms with E-state index in [0.29, 0.717) is 11.6 Å². The summed E-state index contributed by atoms with van der Waals surface area (Å²) in [6.07, 6.45) is 3.79.